The van der Waals surface area contributed by atoms with E-state index in [0.717, 1.165) is 0 Å². The van der Waals surface area contributed by atoms with Crippen LogP contribution in [-0.4, -0.2) is 25.6 Å². The number of H-pyrrole nitrogens is 1. The molecule has 0 saturated heterocycles. The second kappa shape index (κ2) is 4.90. The lowest BCUT2D eigenvalue weighted by Gasteiger charge is -2.13. The summed E-state index contributed by atoms with van der Waals surface area (Å²) >= 11 is 0. The molecule has 0 saturated carbocycles. The Morgan fingerprint density at radius 3 is 2.76 bits per heavy atom. The Balaban J connectivity index is 2.30. The van der Waals surface area contributed by atoms with E-state index in [4.69, 9.17) is 0 Å². The van der Waals surface area contributed by atoms with E-state index in [1.165, 1.54) is 10.6 Å². The summed E-state index contributed by atoms with van der Waals surface area (Å²) in [5.41, 5.74) is 1.32. The third-order valence-electron chi connectivity index (χ3n) is 3.47. The van der Waals surface area contributed by atoms with E-state index in [1.54, 1.807) is 30.5 Å². The highest BCUT2D eigenvalue weighted by Crippen LogP contribution is 2.22. The van der Waals surface area contributed by atoms with Crippen LogP contribution >= 0.6 is 0 Å². The fourth-order valence-corrected chi connectivity index (χ4v) is 2.48. The van der Waals surface area contributed by atoms with Gasteiger partial charge in [0.05, 0.1) is 28.3 Å². The van der Waals surface area contributed by atoms with Crippen molar-refractivity contribution in [3.63, 3.8) is 0 Å². The van der Waals surface area contributed by atoms with Crippen molar-refractivity contribution < 1.29 is 9.90 Å². The van der Waals surface area contributed by atoms with Gasteiger partial charge in [-0.2, -0.15) is 0 Å². The standard InChI is InChI=1S/C15H13N3O3/c1-9(11-6-2-3-8-16-11)18-13-10(14(19)20)5-4-7-12(13)17-15(18)21/h2-9H,1H3,(H,17,21)(H,19,20). The number of aromatic nitrogens is 3. The number of carboxylic acid groups (broad SMARTS) is 1. The molecule has 2 aromatic heterocycles. The molecule has 0 radical (unpaired) electrons. The minimum atomic E-state index is -1.07. The van der Waals surface area contributed by atoms with Crippen molar-refractivity contribution in [1.82, 2.24) is 14.5 Å². The molecule has 0 aliphatic carbocycles. The first-order valence-electron chi connectivity index (χ1n) is 6.47. The molecule has 3 aromatic rings. The molecule has 0 fully saturated rings. The molecule has 0 spiro atoms. The number of aromatic carboxylic acids is 1. The highest BCUT2D eigenvalue weighted by Gasteiger charge is 2.20. The number of carboxylic acids is 1. The van der Waals surface area contributed by atoms with E-state index in [9.17, 15) is 14.7 Å². The number of imidazole rings is 1. The maximum Gasteiger partial charge on any atom is 0.337 e. The van der Waals surface area contributed by atoms with Crippen LogP contribution in [0.15, 0.2) is 47.4 Å². The maximum absolute atomic E-state index is 12.2. The first kappa shape index (κ1) is 13.1. The zero-order chi connectivity index (χ0) is 15.0. The zero-order valence-corrected chi connectivity index (χ0v) is 11.3. The molecule has 6 heteroatoms. The summed E-state index contributed by atoms with van der Waals surface area (Å²) in [6, 6.07) is 9.84. The van der Waals surface area contributed by atoms with Gasteiger partial charge in [-0.3, -0.25) is 9.55 Å². The van der Waals surface area contributed by atoms with Crippen molar-refractivity contribution in [1.29, 1.82) is 0 Å². The van der Waals surface area contributed by atoms with Gasteiger partial charge >= 0.3 is 11.7 Å². The highest BCUT2D eigenvalue weighted by molar-refractivity contribution is 6.01. The van der Waals surface area contributed by atoms with Gasteiger partial charge in [0.25, 0.3) is 0 Å². The molecule has 2 heterocycles. The van der Waals surface area contributed by atoms with Crippen molar-refractivity contribution in [2.45, 2.75) is 13.0 Å². The predicted octanol–water partition coefficient (Wildman–Crippen LogP) is 2.03. The first-order chi connectivity index (χ1) is 10.1. The molecule has 1 aromatic carbocycles. The van der Waals surface area contributed by atoms with Gasteiger partial charge < -0.3 is 10.1 Å². The summed E-state index contributed by atoms with van der Waals surface area (Å²) in [6.07, 6.45) is 1.64. The molecule has 21 heavy (non-hydrogen) atoms. The highest BCUT2D eigenvalue weighted by atomic mass is 16.4. The topological polar surface area (TPSA) is 88.0 Å². The number of nitrogens with zero attached hydrogens (tertiary/aromatic N) is 2. The quantitative estimate of drug-likeness (QED) is 0.769. The molecule has 106 valence electrons. The lowest BCUT2D eigenvalue weighted by atomic mass is 10.1. The second-order valence-electron chi connectivity index (χ2n) is 4.74. The van der Waals surface area contributed by atoms with Crippen LogP contribution in [0.1, 0.15) is 29.0 Å². The van der Waals surface area contributed by atoms with Crippen molar-refractivity contribution in [3.8, 4) is 0 Å². The summed E-state index contributed by atoms with van der Waals surface area (Å²) in [7, 11) is 0. The number of aromatic amines is 1. The summed E-state index contributed by atoms with van der Waals surface area (Å²) < 4.78 is 1.43. The average Bonchev–Trinajstić information content (AvgIpc) is 2.83. The van der Waals surface area contributed by atoms with Crippen LogP contribution in [0, 0.1) is 0 Å². The second-order valence-corrected chi connectivity index (χ2v) is 4.74. The Kier molecular flexibility index (Phi) is 3.06. The molecule has 0 bridgehead atoms. The van der Waals surface area contributed by atoms with Crippen LogP contribution in [0.5, 0.6) is 0 Å². The van der Waals surface area contributed by atoms with Crippen LogP contribution in [0.3, 0.4) is 0 Å². The molecule has 0 aliphatic heterocycles. The van der Waals surface area contributed by atoms with E-state index in [-0.39, 0.29) is 17.3 Å². The lowest BCUT2D eigenvalue weighted by Crippen LogP contribution is -2.22. The Hall–Kier alpha value is -2.89. The molecule has 0 aliphatic rings. The van der Waals surface area contributed by atoms with Gasteiger partial charge in [0.1, 0.15) is 0 Å². The van der Waals surface area contributed by atoms with Gasteiger partial charge in [-0.25, -0.2) is 9.59 Å². The Morgan fingerprint density at radius 1 is 1.29 bits per heavy atom. The monoisotopic (exact) mass is 283 g/mol. The van der Waals surface area contributed by atoms with E-state index in [2.05, 4.69) is 9.97 Å². The number of fused-ring (bicyclic) bond motifs is 1. The maximum atomic E-state index is 12.2. The van der Waals surface area contributed by atoms with Gasteiger partial charge in [0.2, 0.25) is 0 Å². The van der Waals surface area contributed by atoms with E-state index < -0.39 is 5.97 Å². The van der Waals surface area contributed by atoms with Crippen molar-refractivity contribution in [2.24, 2.45) is 0 Å². The fourth-order valence-electron chi connectivity index (χ4n) is 2.48. The predicted molar refractivity (Wildman–Crippen MR) is 77.6 cm³/mol. The van der Waals surface area contributed by atoms with Gasteiger partial charge in [-0.15, -0.1) is 0 Å². The molecule has 1 unspecified atom stereocenters. The molecule has 3 rings (SSSR count). The number of carbonyl (C=O) groups is 1. The zero-order valence-electron chi connectivity index (χ0n) is 11.3. The number of nitrogens with one attached hydrogen (secondary N) is 1. The van der Waals surface area contributed by atoms with Gasteiger partial charge in [0, 0.05) is 6.20 Å². The minimum absolute atomic E-state index is 0.0913. The summed E-state index contributed by atoms with van der Waals surface area (Å²) in [6.45, 7) is 1.82. The van der Waals surface area contributed by atoms with E-state index in [0.29, 0.717) is 16.7 Å². The number of rotatable bonds is 3. The fraction of sp³-hybridized carbons (Fsp3) is 0.133. The normalized spacial score (nSPS) is 12.4. The molecule has 2 N–H and O–H groups in total. The van der Waals surface area contributed by atoms with Gasteiger partial charge in [-0.05, 0) is 31.2 Å². The number of hydrogen-bond acceptors (Lipinski definition) is 3. The number of pyridine rings is 1. The van der Waals surface area contributed by atoms with Gasteiger partial charge in [-0.1, -0.05) is 12.1 Å². The van der Waals surface area contributed by atoms with Crippen LogP contribution in [0.2, 0.25) is 0 Å². The third-order valence-corrected chi connectivity index (χ3v) is 3.47. The van der Waals surface area contributed by atoms with Crippen molar-refractivity contribution >= 4 is 17.0 Å². The van der Waals surface area contributed by atoms with Crippen LogP contribution in [0.4, 0.5) is 0 Å². The number of hydrogen-bond donors (Lipinski definition) is 2. The van der Waals surface area contributed by atoms with Crippen LogP contribution in [-0.2, 0) is 0 Å². The summed E-state index contributed by atoms with van der Waals surface area (Å²) in [4.78, 5) is 30.5. The SMILES string of the molecule is CC(c1ccccn1)n1c(=O)[nH]c2cccc(C(=O)O)c21. The first-order valence-corrected chi connectivity index (χ1v) is 6.47. The van der Waals surface area contributed by atoms with E-state index >= 15 is 0 Å². The van der Waals surface area contributed by atoms with Crippen LogP contribution in [0.25, 0.3) is 11.0 Å². The Bertz CT molecular complexity index is 865. The lowest BCUT2D eigenvalue weighted by molar-refractivity contribution is 0.0698. The van der Waals surface area contributed by atoms with Gasteiger partial charge in [0.15, 0.2) is 0 Å². The van der Waals surface area contributed by atoms with Crippen molar-refractivity contribution in [3.05, 3.63) is 64.3 Å². The third kappa shape index (κ3) is 2.10. The summed E-state index contributed by atoms with van der Waals surface area (Å²) in [5, 5.41) is 9.32. The largest absolute Gasteiger partial charge is 0.478 e. The Morgan fingerprint density at radius 2 is 2.10 bits per heavy atom. The summed E-state index contributed by atoms with van der Waals surface area (Å²) in [5.74, 6) is -1.07. The number of para-hydroxylation sites is 1. The number of benzene rings is 1. The minimum Gasteiger partial charge on any atom is -0.478 e. The average molecular weight is 283 g/mol. The van der Waals surface area contributed by atoms with E-state index in [1.807, 2.05) is 13.0 Å². The molecule has 1 atom stereocenters. The Labute approximate surface area is 119 Å². The van der Waals surface area contributed by atoms with Crippen molar-refractivity contribution in [2.75, 3.05) is 0 Å². The molecule has 6 nitrogen and oxygen atoms in total. The molecular formula is C15H13N3O3. The van der Waals surface area contributed by atoms with Crippen LogP contribution < -0.4 is 5.69 Å². The smallest absolute Gasteiger partial charge is 0.337 e. The molecule has 0 amide bonds. The molecular weight excluding hydrogens is 270 g/mol.